The van der Waals surface area contributed by atoms with Crippen molar-refractivity contribution >= 4 is 16.2 Å². The monoisotopic (exact) mass is 281 g/mol. The molecule has 0 radical (unpaired) electrons. The van der Waals surface area contributed by atoms with Gasteiger partial charge in [-0.2, -0.15) is 8.42 Å². The molecule has 1 aliphatic rings. The summed E-state index contributed by atoms with van der Waals surface area (Å²) in [5, 5.41) is 9.84. The fourth-order valence-corrected chi connectivity index (χ4v) is 2.42. The number of carbonyl (C=O) groups excluding carboxylic acids is 1. The van der Waals surface area contributed by atoms with Crippen LogP contribution in [0.2, 0.25) is 0 Å². The van der Waals surface area contributed by atoms with E-state index in [1.165, 1.54) is 0 Å². The van der Waals surface area contributed by atoms with Crippen molar-refractivity contribution in [3.63, 3.8) is 0 Å². The van der Waals surface area contributed by atoms with Crippen molar-refractivity contribution in [1.82, 2.24) is 4.90 Å². The van der Waals surface area contributed by atoms with Gasteiger partial charge in [-0.3, -0.25) is 4.55 Å². The van der Waals surface area contributed by atoms with Gasteiger partial charge in [-0.1, -0.05) is 0 Å². The van der Waals surface area contributed by atoms with Crippen molar-refractivity contribution in [2.45, 2.75) is 44.1 Å². The molecule has 18 heavy (non-hydrogen) atoms. The number of amides is 1. The summed E-state index contributed by atoms with van der Waals surface area (Å²) in [5.41, 5.74) is -0.704. The van der Waals surface area contributed by atoms with E-state index in [4.69, 9.17) is 9.29 Å². The van der Waals surface area contributed by atoms with Crippen molar-refractivity contribution in [2.75, 3.05) is 13.1 Å². The average Bonchev–Trinajstić information content (AvgIpc) is 2.13. The van der Waals surface area contributed by atoms with E-state index in [1.54, 1.807) is 20.8 Å². The first-order valence-electron chi connectivity index (χ1n) is 5.62. The van der Waals surface area contributed by atoms with Gasteiger partial charge in [0.25, 0.3) is 10.1 Å². The number of nitrogens with zero attached hydrogens (tertiary/aromatic N) is 1. The van der Waals surface area contributed by atoms with Gasteiger partial charge in [0.1, 0.15) is 5.60 Å². The Bertz CT molecular complexity index is 426. The van der Waals surface area contributed by atoms with Crippen molar-refractivity contribution in [2.24, 2.45) is 0 Å². The van der Waals surface area contributed by atoms with Gasteiger partial charge < -0.3 is 14.7 Å². The standard InChI is InChI=1S/C10H19NO6S/c1-9(2,3)17-8(12)11-6-4-5-10(13,7-11)18(14,15)16/h13H,4-7H2,1-3H3,(H,14,15,16). The van der Waals surface area contributed by atoms with Gasteiger partial charge >= 0.3 is 6.09 Å². The van der Waals surface area contributed by atoms with E-state index < -0.39 is 33.3 Å². The molecule has 1 unspecified atom stereocenters. The molecule has 0 aromatic rings. The molecule has 0 bridgehead atoms. The molecular formula is C10H19NO6S. The number of hydrogen-bond acceptors (Lipinski definition) is 5. The topological polar surface area (TPSA) is 104 Å². The van der Waals surface area contributed by atoms with Crippen LogP contribution in [0.5, 0.6) is 0 Å². The third-order valence-corrected chi connectivity index (χ3v) is 3.86. The molecule has 106 valence electrons. The lowest BCUT2D eigenvalue weighted by Gasteiger charge is -2.37. The molecule has 7 nitrogen and oxygen atoms in total. The maximum atomic E-state index is 11.7. The van der Waals surface area contributed by atoms with Crippen molar-refractivity contribution in [3.8, 4) is 0 Å². The molecule has 2 N–H and O–H groups in total. The smallest absolute Gasteiger partial charge is 0.410 e. The molecular weight excluding hydrogens is 262 g/mol. The van der Waals surface area contributed by atoms with Gasteiger partial charge in [0.05, 0.1) is 6.54 Å². The van der Waals surface area contributed by atoms with Crippen LogP contribution in [-0.4, -0.2) is 52.7 Å². The Labute approximate surface area is 106 Å². The maximum Gasteiger partial charge on any atom is 0.410 e. The largest absolute Gasteiger partial charge is 0.444 e. The van der Waals surface area contributed by atoms with Gasteiger partial charge in [-0.15, -0.1) is 0 Å². The molecule has 0 spiro atoms. The van der Waals surface area contributed by atoms with Crippen LogP contribution in [0.1, 0.15) is 33.6 Å². The van der Waals surface area contributed by atoms with Crippen LogP contribution < -0.4 is 0 Å². The third kappa shape index (κ3) is 3.56. The molecule has 1 amide bonds. The van der Waals surface area contributed by atoms with Crippen molar-refractivity contribution < 1.29 is 27.6 Å². The number of carbonyl (C=O) groups is 1. The number of piperidine rings is 1. The van der Waals surface area contributed by atoms with Gasteiger partial charge in [0, 0.05) is 6.54 Å². The number of ether oxygens (including phenoxy) is 1. The predicted octanol–water partition coefficient (Wildman–Crippen LogP) is 0.594. The summed E-state index contributed by atoms with van der Waals surface area (Å²) in [6, 6.07) is 0. The zero-order valence-corrected chi connectivity index (χ0v) is 11.5. The van der Waals surface area contributed by atoms with Crippen molar-refractivity contribution in [3.05, 3.63) is 0 Å². The molecule has 1 rings (SSSR count). The van der Waals surface area contributed by atoms with Crippen LogP contribution in [0.15, 0.2) is 0 Å². The molecule has 8 heteroatoms. The number of hydrogen-bond donors (Lipinski definition) is 2. The summed E-state index contributed by atoms with van der Waals surface area (Å²) in [6.07, 6.45) is -0.537. The molecule has 0 saturated carbocycles. The van der Waals surface area contributed by atoms with Crippen LogP contribution in [0, 0.1) is 0 Å². The van der Waals surface area contributed by atoms with Crippen LogP contribution in [0.25, 0.3) is 0 Å². The van der Waals surface area contributed by atoms with E-state index in [2.05, 4.69) is 0 Å². The summed E-state index contributed by atoms with van der Waals surface area (Å²) in [4.78, 5) is 10.5. The van der Waals surface area contributed by atoms with E-state index in [1.807, 2.05) is 0 Å². The zero-order chi connectivity index (χ0) is 14.2. The Balaban J connectivity index is 2.79. The normalized spacial score (nSPS) is 25.9. The second-order valence-corrected chi connectivity index (χ2v) is 7.14. The third-order valence-electron chi connectivity index (χ3n) is 2.57. The SMILES string of the molecule is CC(C)(C)OC(=O)N1CCCC(O)(S(=O)(=O)O)C1. The van der Waals surface area contributed by atoms with E-state index in [0.717, 1.165) is 4.90 Å². The van der Waals surface area contributed by atoms with Gasteiger partial charge in [0.15, 0.2) is 0 Å². The fraction of sp³-hybridized carbons (Fsp3) is 0.900. The highest BCUT2D eigenvalue weighted by Gasteiger charge is 2.46. The molecule has 1 aliphatic heterocycles. The van der Waals surface area contributed by atoms with Gasteiger partial charge in [-0.25, -0.2) is 4.79 Å². The minimum atomic E-state index is -4.63. The first-order chi connectivity index (χ1) is 7.95. The highest BCUT2D eigenvalue weighted by atomic mass is 32.2. The second-order valence-electron chi connectivity index (χ2n) is 5.43. The predicted molar refractivity (Wildman–Crippen MR) is 63.5 cm³/mol. The summed E-state index contributed by atoms with van der Waals surface area (Å²) in [7, 11) is -4.63. The molecule has 1 atom stereocenters. The first kappa shape index (κ1) is 15.2. The molecule has 0 aliphatic carbocycles. The number of rotatable bonds is 1. The molecule has 1 heterocycles. The number of β-amino-alcohol motifs (C(OH)–C–C–N with tert-alkyl or cyclic N) is 1. The lowest BCUT2D eigenvalue weighted by molar-refractivity contribution is -0.00931. The molecule has 1 fully saturated rings. The quantitative estimate of drug-likeness (QED) is 0.682. The lowest BCUT2D eigenvalue weighted by Crippen LogP contribution is -2.55. The molecule has 1 saturated heterocycles. The Morgan fingerprint density at radius 3 is 2.39 bits per heavy atom. The Morgan fingerprint density at radius 2 is 1.94 bits per heavy atom. The number of aliphatic hydroxyl groups is 1. The Morgan fingerprint density at radius 1 is 1.39 bits per heavy atom. The molecule has 0 aromatic carbocycles. The summed E-state index contributed by atoms with van der Waals surface area (Å²) >= 11 is 0. The van der Waals surface area contributed by atoms with Gasteiger partial charge in [-0.05, 0) is 33.6 Å². The van der Waals surface area contributed by atoms with Crippen LogP contribution >= 0.6 is 0 Å². The lowest BCUT2D eigenvalue weighted by atomic mass is 10.1. The Hall–Kier alpha value is -0.860. The summed E-state index contributed by atoms with van der Waals surface area (Å²) in [5.74, 6) is 0. The highest BCUT2D eigenvalue weighted by molar-refractivity contribution is 7.87. The van der Waals surface area contributed by atoms with E-state index >= 15 is 0 Å². The highest BCUT2D eigenvalue weighted by Crippen LogP contribution is 2.26. The van der Waals surface area contributed by atoms with Crippen LogP contribution in [0.4, 0.5) is 4.79 Å². The first-order valence-corrected chi connectivity index (χ1v) is 7.06. The average molecular weight is 281 g/mol. The van der Waals surface area contributed by atoms with Crippen molar-refractivity contribution in [1.29, 1.82) is 0 Å². The van der Waals surface area contributed by atoms with Crippen LogP contribution in [-0.2, 0) is 14.9 Å². The second kappa shape index (κ2) is 4.67. The van der Waals surface area contributed by atoms with Crippen LogP contribution in [0.3, 0.4) is 0 Å². The molecule has 0 aromatic heterocycles. The number of likely N-dealkylation sites (tertiary alicyclic amines) is 1. The van der Waals surface area contributed by atoms with E-state index in [-0.39, 0.29) is 19.4 Å². The minimum Gasteiger partial charge on any atom is -0.444 e. The fourth-order valence-electron chi connectivity index (χ4n) is 1.70. The maximum absolute atomic E-state index is 11.7. The van der Waals surface area contributed by atoms with Gasteiger partial charge in [0.2, 0.25) is 4.93 Å². The minimum absolute atomic E-state index is 0.106. The van der Waals surface area contributed by atoms with E-state index in [9.17, 15) is 18.3 Å². The van der Waals surface area contributed by atoms with E-state index in [0.29, 0.717) is 0 Å². The Kier molecular flexibility index (Phi) is 3.94. The zero-order valence-electron chi connectivity index (χ0n) is 10.7. The summed E-state index contributed by atoms with van der Waals surface area (Å²) < 4.78 is 36.2. The summed E-state index contributed by atoms with van der Waals surface area (Å²) in [6.45, 7) is 4.85.